The van der Waals surface area contributed by atoms with E-state index in [1.54, 1.807) is 6.20 Å². The summed E-state index contributed by atoms with van der Waals surface area (Å²) in [5.74, 6) is 1.91. The number of hydrogen-bond acceptors (Lipinski definition) is 4. The maximum absolute atomic E-state index is 5.18. The Balaban J connectivity index is 0.000000171. The molecule has 0 amide bonds. The predicted molar refractivity (Wildman–Crippen MR) is 71.8 cm³/mol. The second-order valence-electron chi connectivity index (χ2n) is 4.15. The number of ether oxygens (including phenoxy) is 1. The van der Waals surface area contributed by atoms with E-state index in [-0.39, 0.29) is 18.9 Å². The summed E-state index contributed by atoms with van der Waals surface area (Å²) in [5.41, 5.74) is 1.28. The summed E-state index contributed by atoms with van der Waals surface area (Å²) in [7, 11) is 3.98. The van der Waals surface area contributed by atoms with Crippen LogP contribution in [0.15, 0.2) is 41.1 Å². The van der Waals surface area contributed by atoms with Crippen molar-refractivity contribution < 1.29 is 9.26 Å². The van der Waals surface area contributed by atoms with E-state index in [9.17, 15) is 0 Å². The molecule has 3 rings (SSSR count). The SMILES string of the molecule is CN(C)Cc1ccno1.[LiH].c1cc2cc(c1)OC2. The van der Waals surface area contributed by atoms with Crippen molar-refractivity contribution in [1.29, 1.82) is 0 Å². The van der Waals surface area contributed by atoms with Gasteiger partial charge in [0.15, 0.2) is 5.76 Å². The van der Waals surface area contributed by atoms with Crippen molar-refractivity contribution in [3.8, 4) is 5.75 Å². The van der Waals surface area contributed by atoms with Gasteiger partial charge in [-0.1, -0.05) is 17.3 Å². The van der Waals surface area contributed by atoms with Crippen LogP contribution in [0.5, 0.6) is 5.75 Å². The Labute approximate surface area is 119 Å². The molecule has 0 radical (unpaired) electrons. The van der Waals surface area contributed by atoms with Gasteiger partial charge in [0.05, 0.1) is 12.7 Å². The Bertz CT molecular complexity index is 439. The van der Waals surface area contributed by atoms with Crippen LogP contribution < -0.4 is 4.74 Å². The van der Waals surface area contributed by atoms with Crippen LogP contribution in [0.25, 0.3) is 0 Å². The number of nitrogens with zero attached hydrogens (tertiary/aromatic N) is 2. The molecule has 0 unspecified atom stereocenters. The summed E-state index contributed by atoms with van der Waals surface area (Å²) in [6.45, 7) is 1.59. The maximum Gasteiger partial charge on any atom is 0.120 e. The number of benzene rings is 1. The number of aromatic nitrogens is 1. The van der Waals surface area contributed by atoms with Gasteiger partial charge in [0.25, 0.3) is 0 Å². The van der Waals surface area contributed by atoms with Gasteiger partial charge in [0.2, 0.25) is 0 Å². The Kier molecular flexibility index (Phi) is 6.00. The molecule has 0 saturated carbocycles. The molecule has 0 saturated heterocycles. The summed E-state index contributed by atoms with van der Waals surface area (Å²) >= 11 is 0. The summed E-state index contributed by atoms with van der Waals surface area (Å²) in [4.78, 5) is 2.03. The zero-order valence-corrected chi connectivity index (χ0v) is 10.1. The van der Waals surface area contributed by atoms with Crippen LogP contribution in [0, 0.1) is 0 Å². The fourth-order valence-corrected chi connectivity index (χ4v) is 1.53. The van der Waals surface area contributed by atoms with Gasteiger partial charge in [0.1, 0.15) is 12.4 Å². The van der Waals surface area contributed by atoms with Gasteiger partial charge in [-0.25, -0.2) is 0 Å². The van der Waals surface area contributed by atoms with E-state index in [4.69, 9.17) is 9.26 Å². The Hall–Kier alpha value is -1.21. The molecule has 0 fully saturated rings. The quantitative estimate of drug-likeness (QED) is 0.748. The molecule has 2 bridgehead atoms. The van der Waals surface area contributed by atoms with E-state index in [1.807, 2.05) is 37.2 Å². The van der Waals surface area contributed by atoms with Gasteiger partial charge in [-0.05, 0) is 31.8 Å². The molecule has 1 aromatic carbocycles. The molecule has 1 aliphatic rings. The number of rotatable bonds is 2. The summed E-state index contributed by atoms with van der Waals surface area (Å²) < 4.78 is 10.0. The third-order valence-electron chi connectivity index (χ3n) is 2.27. The van der Waals surface area contributed by atoms with Crippen molar-refractivity contribution in [2.45, 2.75) is 13.2 Å². The third kappa shape index (κ3) is 4.58. The normalized spacial score (nSPS) is 11.3. The molecule has 0 spiro atoms. The minimum absolute atomic E-state index is 0. The van der Waals surface area contributed by atoms with Crippen LogP contribution in [0.3, 0.4) is 0 Å². The molecular formula is C13H17LiN2O2. The predicted octanol–water partition coefficient (Wildman–Crippen LogP) is 1.67. The first-order chi connectivity index (χ1) is 8.24. The summed E-state index contributed by atoms with van der Waals surface area (Å²) in [6.07, 6.45) is 1.65. The van der Waals surface area contributed by atoms with E-state index in [0.29, 0.717) is 0 Å². The van der Waals surface area contributed by atoms with Gasteiger partial charge >= 0.3 is 18.9 Å². The molecule has 0 atom stereocenters. The van der Waals surface area contributed by atoms with Gasteiger partial charge in [-0.15, -0.1) is 0 Å². The first-order valence-electron chi connectivity index (χ1n) is 5.50. The van der Waals surface area contributed by atoms with E-state index in [0.717, 1.165) is 24.7 Å². The van der Waals surface area contributed by atoms with Gasteiger partial charge in [-0.2, -0.15) is 0 Å². The van der Waals surface area contributed by atoms with E-state index < -0.39 is 0 Å². The van der Waals surface area contributed by atoms with Gasteiger partial charge in [-0.3, -0.25) is 0 Å². The van der Waals surface area contributed by atoms with Crippen molar-refractivity contribution in [1.82, 2.24) is 10.1 Å². The molecule has 4 nitrogen and oxygen atoms in total. The van der Waals surface area contributed by atoms with Crippen LogP contribution >= 0.6 is 0 Å². The first kappa shape index (κ1) is 14.8. The molecule has 0 N–H and O–H groups in total. The van der Waals surface area contributed by atoms with Crippen LogP contribution in [0.4, 0.5) is 0 Å². The zero-order chi connectivity index (χ0) is 12.1. The molecule has 2 heterocycles. The molecule has 1 aromatic heterocycles. The Morgan fingerprint density at radius 2 is 2.11 bits per heavy atom. The minimum atomic E-state index is 0. The Morgan fingerprint density at radius 3 is 2.67 bits per heavy atom. The monoisotopic (exact) mass is 240 g/mol. The topological polar surface area (TPSA) is 38.5 Å². The van der Waals surface area contributed by atoms with Crippen LogP contribution in [-0.4, -0.2) is 43.0 Å². The molecular weight excluding hydrogens is 223 g/mol. The molecule has 2 aromatic rings. The summed E-state index contributed by atoms with van der Waals surface area (Å²) in [5, 5.41) is 3.57. The van der Waals surface area contributed by atoms with Gasteiger partial charge in [0, 0.05) is 6.07 Å². The Morgan fingerprint density at radius 1 is 1.28 bits per heavy atom. The minimum Gasteiger partial charge on any atom is -0.489 e. The fourth-order valence-electron chi connectivity index (χ4n) is 1.53. The van der Waals surface area contributed by atoms with E-state index in [2.05, 4.69) is 17.3 Å². The van der Waals surface area contributed by atoms with Crippen molar-refractivity contribution >= 4 is 18.9 Å². The second-order valence-corrected chi connectivity index (χ2v) is 4.15. The van der Waals surface area contributed by atoms with Crippen LogP contribution in [0.1, 0.15) is 11.3 Å². The second kappa shape index (κ2) is 7.27. The number of hydrogen-bond donors (Lipinski definition) is 0. The van der Waals surface area contributed by atoms with Gasteiger partial charge < -0.3 is 14.2 Å². The summed E-state index contributed by atoms with van der Waals surface area (Å²) in [6, 6.07) is 9.96. The molecule has 1 aliphatic heterocycles. The first-order valence-corrected chi connectivity index (χ1v) is 5.50. The zero-order valence-electron chi connectivity index (χ0n) is 10.1. The fraction of sp³-hybridized carbons (Fsp3) is 0.308. The van der Waals surface area contributed by atoms with E-state index >= 15 is 0 Å². The average molecular weight is 240 g/mol. The largest absolute Gasteiger partial charge is 0.489 e. The van der Waals surface area contributed by atoms with Crippen LogP contribution in [0.2, 0.25) is 0 Å². The van der Waals surface area contributed by atoms with E-state index in [1.165, 1.54) is 5.56 Å². The van der Waals surface area contributed by atoms with Crippen molar-refractivity contribution in [2.24, 2.45) is 0 Å². The standard InChI is InChI=1S/C7H6O.C6H10N2O.Li.H/c1-2-6-4-7(3-1)8-5-6;1-8(2)5-6-3-4-7-9-6;;/h1-4H,5H2;3-4H,5H2,1-2H3;;. The third-order valence-corrected chi connectivity index (χ3v) is 2.27. The smallest absolute Gasteiger partial charge is 0.120 e. The molecule has 5 heteroatoms. The maximum atomic E-state index is 5.18. The molecule has 18 heavy (non-hydrogen) atoms. The van der Waals surface area contributed by atoms with Crippen molar-refractivity contribution in [2.75, 3.05) is 14.1 Å². The van der Waals surface area contributed by atoms with Crippen molar-refractivity contribution in [3.63, 3.8) is 0 Å². The molecule has 92 valence electrons. The van der Waals surface area contributed by atoms with Crippen molar-refractivity contribution in [3.05, 3.63) is 47.9 Å². The molecule has 0 aliphatic carbocycles. The average Bonchev–Trinajstić information content (AvgIpc) is 2.90. The van der Waals surface area contributed by atoms with Crippen LogP contribution in [-0.2, 0) is 13.2 Å². The number of fused-ring (bicyclic) bond motifs is 2.